The summed E-state index contributed by atoms with van der Waals surface area (Å²) in [6.45, 7) is 0.252. The summed E-state index contributed by atoms with van der Waals surface area (Å²) >= 11 is 8.69. The summed E-state index contributed by atoms with van der Waals surface area (Å²) in [6, 6.07) is 7.77. The minimum atomic E-state index is -0.330. The van der Waals surface area contributed by atoms with Crippen molar-refractivity contribution in [1.82, 2.24) is 10.2 Å². The molecule has 0 radical (unpaired) electrons. The third-order valence-corrected chi connectivity index (χ3v) is 2.77. The first-order chi connectivity index (χ1) is 8.15. The van der Waals surface area contributed by atoms with Gasteiger partial charge in [0.25, 0.3) is 0 Å². The van der Waals surface area contributed by atoms with Crippen LogP contribution in [0, 0.1) is 5.82 Å². The molecule has 0 aliphatic rings. The van der Waals surface area contributed by atoms with E-state index in [2.05, 4.69) is 26.1 Å². The van der Waals surface area contributed by atoms with Crippen LogP contribution in [0.15, 0.2) is 34.8 Å². The van der Waals surface area contributed by atoms with Crippen molar-refractivity contribution < 1.29 is 9.13 Å². The first-order valence-electron chi connectivity index (χ1n) is 4.71. The van der Waals surface area contributed by atoms with Gasteiger partial charge in [0.1, 0.15) is 23.9 Å². The molecule has 1 aromatic carbocycles. The Morgan fingerprint density at radius 3 is 2.71 bits per heavy atom. The number of hydrogen-bond acceptors (Lipinski definition) is 3. The summed E-state index contributed by atoms with van der Waals surface area (Å²) in [5.74, 6) is 0.221. The minimum Gasteiger partial charge on any atom is -0.487 e. The van der Waals surface area contributed by atoms with Gasteiger partial charge in [0.15, 0.2) is 5.15 Å². The van der Waals surface area contributed by atoms with E-state index in [9.17, 15) is 4.39 Å². The van der Waals surface area contributed by atoms with Gasteiger partial charge in [-0.15, -0.1) is 5.10 Å². The summed E-state index contributed by atoms with van der Waals surface area (Å²) in [5.41, 5.74) is 0.648. The zero-order valence-electron chi connectivity index (χ0n) is 8.53. The van der Waals surface area contributed by atoms with Crippen LogP contribution >= 0.6 is 27.5 Å². The average Bonchev–Trinajstić information content (AvgIpc) is 2.33. The maximum atomic E-state index is 13.0. The molecule has 88 valence electrons. The molecule has 3 nitrogen and oxygen atoms in total. The molecule has 2 aromatic rings. The van der Waals surface area contributed by atoms with Crippen molar-refractivity contribution in [3.8, 4) is 5.75 Å². The normalized spacial score (nSPS) is 10.3. The van der Waals surface area contributed by atoms with Crippen molar-refractivity contribution in [3.63, 3.8) is 0 Å². The molecule has 0 saturated heterocycles. The molecule has 0 aliphatic carbocycles. The largest absolute Gasteiger partial charge is 0.487 e. The average molecular weight is 318 g/mol. The zero-order valence-corrected chi connectivity index (χ0v) is 10.9. The number of nitrogens with zero attached hydrogens (tertiary/aromatic N) is 2. The highest BCUT2D eigenvalue weighted by molar-refractivity contribution is 9.10. The van der Waals surface area contributed by atoms with Crippen molar-refractivity contribution in [2.75, 3.05) is 0 Å². The van der Waals surface area contributed by atoms with Crippen molar-refractivity contribution >= 4 is 27.5 Å². The van der Waals surface area contributed by atoms with E-state index in [0.717, 1.165) is 0 Å². The van der Waals surface area contributed by atoms with Gasteiger partial charge in [-0.25, -0.2) is 4.39 Å². The molecule has 0 amide bonds. The lowest BCUT2D eigenvalue weighted by atomic mass is 10.3. The molecule has 1 heterocycles. The highest BCUT2D eigenvalue weighted by Crippen LogP contribution is 2.22. The Hall–Kier alpha value is -1.20. The van der Waals surface area contributed by atoms with E-state index in [0.29, 0.717) is 21.1 Å². The zero-order chi connectivity index (χ0) is 12.3. The molecule has 0 spiro atoms. The standard InChI is InChI=1S/C11H7BrClFN2O/c12-9-5-8(2-3-10(9)14)17-6-7-1-4-11(13)16-15-7/h1-5H,6H2. The Labute approximate surface area is 111 Å². The van der Waals surface area contributed by atoms with Gasteiger partial charge in [0, 0.05) is 0 Å². The van der Waals surface area contributed by atoms with Crippen LogP contribution < -0.4 is 4.74 Å². The third-order valence-electron chi connectivity index (χ3n) is 1.97. The molecule has 0 bridgehead atoms. The van der Waals surface area contributed by atoms with Gasteiger partial charge in [-0.2, -0.15) is 5.10 Å². The van der Waals surface area contributed by atoms with E-state index in [4.69, 9.17) is 16.3 Å². The van der Waals surface area contributed by atoms with E-state index < -0.39 is 0 Å². The van der Waals surface area contributed by atoms with E-state index in [-0.39, 0.29) is 12.4 Å². The lowest BCUT2D eigenvalue weighted by Crippen LogP contribution is -1.99. The quantitative estimate of drug-likeness (QED) is 0.867. The van der Waals surface area contributed by atoms with Crippen molar-refractivity contribution in [1.29, 1.82) is 0 Å². The minimum absolute atomic E-state index is 0.252. The number of ether oxygens (including phenoxy) is 1. The van der Waals surface area contributed by atoms with E-state index >= 15 is 0 Å². The molecule has 17 heavy (non-hydrogen) atoms. The predicted molar refractivity (Wildman–Crippen MR) is 65.5 cm³/mol. The Morgan fingerprint density at radius 2 is 2.06 bits per heavy atom. The summed E-state index contributed by atoms with van der Waals surface area (Å²) in [6.07, 6.45) is 0. The fraction of sp³-hybridized carbons (Fsp3) is 0.0909. The van der Waals surface area contributed by atoms with Gasteiger partial charge in [-0.05, 0) is 46.3 Å². The van der Waals surface area contributed by atoms with Gasteiger partial charge in [-0.1, -0.05) is 11.6 Å². The first-order valence-corrected chi connectivity index (χ1v) is 5.88. The Morgan fingerprint density at radius 1 is 1.24 bits per heavy atom. The summed E-state index contributed by atoms with van der Waals surface area (Å²) < 4.78 is 18.8. The van der Waals surface area contributed by atoms with Crippen LogP contribution in [0.2, 0.25) is 5.15 Å². The second kappa shape index (κ2) is 5.42. The summed E-state index contributed by atoms with van der Waals surface area (Å²) in [7, 11) is 0. The van der Waals surface area contributed by atoms with Crippen molar-refractivity contribution in [2.24, 2.45) is 0 Å². The predicted octanol–water partition coefficient (Wildman–Crippen LogP) is 3.61. The molecular weight excluding hydrogens is 310 g/mol. The van der Waals surface area contributed by atoms with Crippen LogP contribution in [0.1, 0.15) is 5.69 Å². The van der Waals surface area contributed by atoms with Crippen molar-refractivity contribution in [3.05, 3.63) is 51.5 Å². The first kappa shape index (κ1) is 12.3. The molecule has 1 aromatic heterocycles. The van der Waals surface area contributed by atoms with E-state index in [1.165, 1.54) is 6.07 Å². The molecule has 6 heteroatoms. The number of rotatable bonds is 3. The van der Waals surface area contributed by atoms with Gasteiger partial charge in [0.05, 0.1) is 4.47 Å². The van der Waals surface area contributed by atoms with Crippen molar-refractivity contribution in [2.45, 2.75) is 6.61 Å². The van der Waals surface area contributed by atoms with Crippen LogP contribution in [0.3, 0.4) is 0 Å². The van der Waals surface area contributed by atoms with Gasteiger partial charge in [0.2, 0.25) is 0 Å². The lowest BCUT2D eigenvalue weighted by Gasteiger charge is -2.05. The van der Waals surface area contributed by atoms with Gasteiger partial charge < -0.3 is 4.74 Å². The van der Waals surface area contributed by atoms with E-state index in [1.807, 2.05) is 0 Å². The second-order valence-electron chi connectivity index (χ2n) is 3.21. The second-order valence-corrected chi connectivity index (χ2v) is 4.45. The summed E-state index contributed by atoms with van der Waals surface area (Å²) in [5, 5.41) is 7.86. The Bertz CT molecular complexity index is 521. The molecular formula is C11H7BrClFN2O. The topological polar surface area (TPSA) is 35.0 Å². The number of benzene rings is 1. The van der Waals surface area contributed by atoms with E-state index in [1.54, 1.807) is 24.3 Å². The molecule has 0 saturated carbocycles. The monoisotopic (exact) mass is 316 g/mol. The highest BCUT2D eigenvalue weighted by Gasteiger charge is 2.02. The fourth-order valence-corrected chi connectivity index (χ4v) is 1.60. The van der Waals surface area contributed by atoms with Gasteiger partial charge >= 0.3 is 0 Å². The van der Waals surface area contributed by atoms with Gasteiger partial charge in [-0.3, -0.25) is 0 Å². The maximum absolute atomic E-state index is 13.0. The molecule has 0 fully saturated rings. The van der Waals surface area contributed by atoms with Crippen LogP contribution in [0.25, 0.3) is 0 Å². The van der Waals surface area contributed by atoms with Crippen LogP contribution in [-0.2, 0) is 6.61 Å². The fourth-order valence-electron chi connectivity index (χ4n) is 1.14. The number of halogens is 3. The maximum Gasteiger partial charge on any atom is 0.151 e. The number of aromatic nitrogens is 2. The molecule has 0 atom stereocenters. The smallest absolute Gasteiger partial charge is 0.151 e. The lowest BCUT2D eigenvalue weighted by molar-refractivity contribution is 0.299. The SMILES string of the molecule is Fc1ccc(OCc2ccc(Cl)nn2)cc1Br. The van der Waals surface area contributed by atoms with Crippen LogP contribution in [-0.4, -0.2) is 10.2 Å². The molecule has 0 unspecified atom stereocenters. The molecule has 0 N–H and O–H groups in total. The summed E-state index contributed by atoms with van der Waals surface area (Å²) in [4.78, 5) is 0. The van der Waals surface area contributed by atoms with Crippen LogP contribution in [0.5, 0.6) is 5.75 Å². The molecule has 0 aliphatic heterocycles. The Balaban J connectivity index is 2.02. The highest BCUT2D eigenvalue weighted by atomic mass is 79.9. The van der Waals surface area contributed by atoms with Crippen LogP contribution in [0.4, 0.5) is 4.39 Å². The third kappa shape index (κ3) is 3.38. The molecule has 2 rings (SSSR count). The Kier molecular flexibility index (Phi) is 3.91. The number of hydrogen-bond donors (Lipinski definition) is 0.